The van der Waals surface area contributed by atoms with E-state index in [2.05, 4.69) is 15.9 Å². The SMILES string of the molecule is OCc1c(Br)ccc(O)c1O. The predicted molar refractivity (Wildman–Crippen MR) is 43.4 cm³/mol. The Kier molecular flexibility index (Phi) is 2.36. The number of rotatable bonds is 1. The van der Waals surface area contributed by atoms with Gasteiger partial charge in [-0.15, -0.1) is 0 Å². The molecule has 0 fully saturated rings. The molecule has 0 aliphatic rings. The van der Waals surface area contributed by atoms with Crippen molar-refractivity contribution in [3.8, 4) is 11.5 Å². The predicted octanol–water partition coefficient (Wildman–Crippen LogP) is 1.35. The highest BCUT2D eigenvalue weighted by atomic mass is 79.9. The monoisotopic (exact) mass is 218 g/mol. The molecule has 0 aromatic heterocycles. The zero-order valence-corrected chi connectivity index (χ0v) is 7.17. The van der Waals surface area contributed by atoms with Crippen LogP contribution in [-0.4, -0.2) is 15.3 Å². The van der Waals surface area contributed by atoms with E-state index >= 15 is 0 Å². The summed E-state index contributed by atoms with van der Waals surface area (Å²) in [5, 5.41) is 26.8. The minimum absolute atomic E-state index is 0.225. The summed E-state index contributed by atoms with van der Waals surface area (Å²) in [6, 6.07) is 2.90. The smallest absolute Gasteiger partial charge is 0.164 e. The number of benzene rings is 1. The van der Waals surface area contributed by atoms with E-state index in [1.807, 2.05) is 0 Å². The van der Waals surface area contributed by atoms with Crippen molar-refractivity contribution in [2.75, 3.05) is 0 Å². The molecular weight excluding hydrogens is 212 g/mol. The van der Waals surface area contributed by atoms with Crippen LogP contribution in [0.2, 0.25) is 0 Å². The van der Waals surface area contributed by atoms with Crippen molar-refractivity contribution in [2.45, 2.75) is 6.61 Å². The van der Waals surface area contributed by atoms with E-state index in [4.69, 9.17) is 15.3 Å². The van der Waals surface area contributed by atoms with Crippen LogP contribution in [0.25, 0.3) is 0 Å². The number of hydrogen-bond acceptors (Lipinski definition) is 3. The van der Waals surface area contributed by atoms with Crippen LogP contribution >= 0.6 is 15.9 Å². The van der Waals surface area contributed by atoms with Gasteiger partial charge in [-0.05, 0) is 12.1 Å². The summed E-state index contributed by atoms with van der Waals surface area (Å²) in [5.41, 5.74) is 0.296. The Labute approximate surface area is 72.0 Å². The van der Waals surface area contributed by atoms with Crippen molar-refractivity contribution in [1.82, 2.24) is 0 Å². The second-order valence-corrected chi connectivity index (χ2v) is 2.91. The summed E-state index contributed by atoms with van der Waals surface area (Å²) < 4.78 is 0.579. The van der Waals surface area contributed by atoms with Gasteiger partial charge in [0.2, 0.25) is 0 Å². The summed E-state index contributed by atoms with van der Waals surface area (Å²) >= 11 is 3.11. The van der Waals surface area contributed by atoms with Crippen LogP contribution in [0.1, 0.15) is 5.56 Å². The molecule has 11 heavy (non-hydrogen) atoms. The first-order valence-corrected chi connectivity index (χ1v) is 3.76. The lowest BCUT2D eigenvalue weighted by Gasteiger charge is -2.04. The summed E-state index contributed by atoms with van der Waals surface area (Å²) in [6.45, 7) is -0.305. The number of aliphatic hydroxyl groups is 1. The molecule has 0 aliphatic heterocycles. The van der Waals surface area contributed by atoms with E-state index in [1.165, 1.54) is 6.07 Å². The third kappa shape index (κ3) is 1.46. The van der Waals surface area contributed by atoms with Crippen molar-refractivity contribution in [3.63, 3.8) is 0 Å². The van der Waals surface area contributed by atoms with Crippen molar-refractivity contribution in [1.29, 1.82) is 0 Å². The first kappa shape index (κ1) is 8.36. The Morgan fingerprint density at radius 2 is 1.91 bits per heavy atom. The van der Waals surface area contributed by atoms with Gasteiger partial charge in [-0.2, -0.15) is 0 Å². The minimum Gasteiger partial charge on any atom is -0.504 e. The Balaban J connectivity index is 3.29. The summed E-state index contributed by atoms with van der Waals surface area (Å²) in [6.07, 6.45) is 0. The van der Waals surface area contributed by atoms with Gasteiger partial charge in [-0.1, -0.05) is 15.9 Å². The molecule has 0 amide bonds. The number of aliphatic hydroxyl groups excluding tert-OH is 1. The normalized spacial score (nSPS) is 10.0. The van der Waals surface area contributed by atoms with Gasteiger partial charge in [0.15, 0.2) is 11.5 Å². The van der Waals surface area contributed by atoms with E-state index in [0.717, 1.165) is 0 Å². The molecule has 0 atom stereocenters. The van der Waals surface area contributed by atoms with Crippen molar-refractivity contribution in [2.24, 2.45) is 0 Å². The number of phenolic OH excluding ortho intramolecular Hbond substituents is 1. The lowest BCUT2D eigenvalue weighted by Crippen LogP contribution is -1.85. The van der Waals surface area contributed by atoms with Crippen LogP contribution in [0.4, 0.5) is 0 Å². The van der Waals surface area contributed by atoms with Crippen LogP contribution < -0.4 is 0 Å². The van der Waals surface area contributed by atoms with E-state index in [-0.39, 0.29) is 18.1 Å². The number of halogens is 1. The molecule has 0 aliphatic carbocycles. The van der Waals surface area contributed by atoms with Gasteiger partial charge in [0.05, 0.1) is 6.61 Å². The standard InChI is InChI=1S/C7H7BrO3/c8-5-1-2-6(10)7(11)4(5)3-9/h1-2,9-11H,3H2. The van der Waals surface area contributed by atoms with E-state index in [1.54, 1.807) is 6.07 Å². The van der Waals surface area contributed by atoms with E-state index in [9.17, 15) is 0 Å². The molecule has 0 saturated carbocycles. The molecule has 4 heteroatoms. The molecule has 0 heterocycles. The third-order valence-electron chi connectivity index (χ3n) is 1.36. The Bertz CT molecular complexity index is 273. The fourth-order valence-corrected chi connectivity index (χ4v) is 1.20. The maximum absolute atomic E-state index is 9.14. The highest BCUT2D eigenvalue weighted by molar-refractivity contribution is 9.10. The molecule has 1 aromatic rings. The molecule has 0 radical (unpaired) electrons. The van der Waals surface area contributed by atoms with E-state index in [0.29, 0.717) is 10.0 Å². The van der Waals surface area contributed by atoms with E-state index < -0.39 is 0 Å². The number of hydrogen-bond donors (Lipinski definition) is 3. The van der Waals surface area contributed by atoms with Gasteiger partial charge in [0.1, 0.15) is 0 Å². The maximum Gasteiger partial charge on any atom is 0.164 e. The first-order valence-electron chi connectivity index (χ1n) is 2.97. The quantitative estimate of drug-likeness (QED) is 0.624. The maximum atomic E-state index is 9.14. The van der Waals surface area contributed by atoms with Crippen molar-refractivity contribution in [3.05, 3.63) is 22.2 Å². The van der Waals surface area contributed by atoms with Gasteiger partial charge in [-0.25, -0.2) is 0 Å². The second-order valence-electron chi connectivity index (χ2n) is 2.05. The van der Waals surface area contributed by atoms with Gasteiger partial charge in [-0.3, -0.25) is 0 Å². The zero-order valence-electron chi connectivity index (χ0n) is 5.58. The molecule has 3 N–H and O–H groups in total. The highest BCUT2D eigenvalue weighted by Gasteiger charge is 2.08. The summed E-state index contributed by atoms with van der Waals surface area (Å²) in [7, 11) is 0. The topological polar surface area (TPSA) is 60.7 Å². The Hall–Kier alpha value is -0.740. The lowest BCUT2D eigenvalue weighted by molar-refractivity contribution is 0.272. The molecule has 3 nitrogen and oxygen atoms in total. The largest absolute Gasteiger partial charge is 0.504 e. The lowest BCUT2D eigenvalue weighted by atomic mass is 10.2. The second kappa shape index (κ2) is 3.11. The molecule has 0 bridgehead atoms. The average Bonchev–Trinajstić information content (AvgIpc) is 1.99. The van der Waals surface area contributed by atoms with Gasteiger partial charge in [0, 0.05) is 10.0 Å². The van der Waals surface area contributed by atoms with Crippen LogP contribution in [-0.2, 0) is 6.61 Å². The molecule has 0 unspecified atom stereocenters. The van der Waals surface area contributed by atoms with Crippen molar-refractivity contribution < 1.29 is 15.3 Å². The number of aromatic hydroxyl groups is 2. The Morgan fingerprint density at radius 3 is 2.36 bits per heavy atom. The van der Waals surface area contributed by atoms with Crippen LogP contribution in [0.5, 0.6) is 11.5 Å². The fraction of sp³-hybridized carbons (Fsp3) is 0.143. The van der Waals surface area contributed by atoms with Crippen molar-refractivity contribution >= 4 is 15.9 Å². The van der Waals surface area contributed by atoms with Gasteiger partial charge >= 0.3 is 0 Å². The highest BCUT2D eigenvalue weighted by Crippen LogP contribution is 2.33. The van der Waals surface area contributed by atoms with Gasteiger partial charge in [0.25, 0.3) is 0 Å². The fourth-order valence-electron chi connectivity index (χ4n) is 0.750. The molecule has 60 valence electrons. The summed E-state index contributed by atoms with van der Waals surface area (Å²) in [4.78, 5) is 0. The molecular formula is C7H7BrO3. The minimum atomic E-state index is -0.305. The zero-order chi connectivity index (χ0) is 8.43. The molecule has 1 aromatic carbocycles. The summed E-state index contributed by atoms with van der Waals surface area (Å²) in [5.74, 6) is -0.501. The van der Waals surface area contributed by atoms with Crippen LogP contribution in [0.15, 0.2) is 16.6 Å². The first-order chi connectivity index (χ1) is 5.16. The van der Waals surface area contributed by atoms with Crippen LogP contribution in [0.3, 0.4) is 0 Å². The average molecular weight is 219 g/mol. The van der Waals surface area contributed by atoms with Crippen LogP contribution in [0, 0.1) is 0 Å². The molecule has 1 rings (SSSR count). The van der Waals surface area contributed by atoms with Gasteiger partial charge < -0.3 is 15.3 Å². The molecule has 0 saturated heterocycles. The molecule has 0 spiro atoms. The Morgan fingerprint density at radius 1 is 1.27 bits per heavy atom. The third-order valence-corrected chi connectivity index (χ3v) is 2.11. The number of phenols is 2.